The van der Waals surface area contributed by atoms with Gasteiger partial charge in [0.05, 0.1) is 16.7 Å². The van der Waals surface area contributed by atoms with Crippen molar-refractivity contribution in [3.63, 3.8) is 0 Å². The minimum atomic E-state index is -4.69. The molecule has 0 aliphatic rings. The Balaban J connectivity index is 1.92. The Bertz CT molecular complexity index is 815. The smallest absolute Gasteiger partial charge is 0.341 e. The summed E-state index contributed by atoms with van der Waals surface area (Å²) in [6.45, 7) is -0.582. The lowest BCUT2D eigenvalue weighted by Gasteiger charge is -2.07. The molecule has 1 N–H and O–H groups in total. The minimum Gasteiger partial charge on any atom is -0.472 e. The van der Waals surface area contributed by atoms with Crippen LogP contribution in [0.1, 0.15) is 10.4 Å². The second kappa shape index (κ2) is 7.21. The van der Waals surface area contributed by atoms with Gasteiger partial charge in [-0.2, -0.15) is 8.78 Å². The third kappa shape index (κ3) is 4.16. The molecular weight excluding hydrogens is 348 g/mol. The van der Waals surface area contributed by atoms with Gasteiger partial charge < -0.3 is 14.5 Å². The van der Waals surface area contributed by atoms with Crippen LogP contribution in [0.5, 0.6) is 0 Å². The fourth-order valence-electron chi connectivity index (χ4n) is 1.62. The average Bonchev–Trinajstić information content (AvgIpc) is 3.07. The van der Waals surface area contributed by atoms with E-state index in [0.717, 1.165) is 30.5 Å². The molecule has 24 heavy (non-hydrogen) atoms. The number of alkyl halides is 2. The van der Waals surface area contributed by atoms with Gasteiger partial charge in [0.15, 0.2) is 6.61 Å². The van der Waals surface area contributed by atoms with Gasteiger partial charge in [-0.05, 0) is 30.3 Å². The predicted molar refractivity (Wildman–Crippen MR) is 77.3 cm³/mol. The zero-order valence-corrected chi connectivity index (χ0v) is 12.8. The summed E-state index contributed by atoms with van der Waals surface area (Å²) in [5.74, 6) is -4.96. The van der Waals surface area contributed by atoms with E-state index in [-0.39, 0.29) is 11.3 Å². The highest BCUT2D eigenvalue weighted by molar-refractivity contribution is 7.91. The van der Waals surface area contributed by atoms with Crippen LogP contribution < -0.4 is 5.32 Å². The van der Waals surface area contributed by atoms with Crippen LogP contribution >= 0.6 is 0 Å². The van der Waals surface area contributed by atoms with Crippen molar-refractivity contribution in [2.75, 3.05) is 11.9 Å². The number of amides is 1. The molecule has 0 fully saturated rings. The SMILES string of the molecule is O=C(COC(=O)c1ccoc1)Nc1ccc(S(=O)(=O)C(F)F)cc1. The van der Waals surface area contributed by atoms with Crippen molar-refractivity contribution in [3.8, 4) is 0 Å². The van der Waals surface area contributed by atoms with Gasteiger partial charge in [-0.1, -0.05) is 0 Å². The summed E-state index contributed by atoms with van der Waals surface area (Å²) in [5, 5.41) is 2.33. The van der Waals surface area contributed by atoms with E-state index in [9.17, 15) is 26.8 Å². The van der Waals surface area contributed by atoms with Crippen molar-refractivity contribution in [3.05, 3.63) is 48.4 Å². The lowest BCUT2D eigenvalue weighted by atomic mass is 10.3. The Morgan fingerprint density at radius 1 is 1.17 bits per heavy atom. The van der Waals surface area contributed by atoms with Crippen LogP contribution in [0.25, 0.3) is 0 Å². The molecule has 0 unspecified atom stereocenters. The summed E-state index contributed by atoms with van der Waals surface area (Å²) in [6.07, 6.45) is 2.42. The molecule has 0 atom stereocenters. The van der Waals surface area contributed by atoms with Crippen molar-refractivity contribution >= 4 is 27.4 Å². The maximum atomic E-state index is 12.4. The number of anilines is 1. The lowest BCUT2D eigenvalue weighted by molar-refractivity contribution is -0.119. The molecule has 0 saturated carbocycles. The highest BCUT2D eigenvalue weighted by atomic mass is 32.2. The van der Waals surface area contributed by atoms with Gasteiger partial charge in [0.2, 0.25) is 9.84 Å². The molecule has 0 radical (unpaired) electrons. The summed E-state index contributed by atoms with van der Waals surface area (Å²) in [7, 11) is -4.69. The highest BCUT2D eigenvalue weighted by Crippen LogP contribution is 2.20. The summed E-state index contributed by atoms with van der Waals surface area (Å²) in [4.78, 5) is 22.5. The van der Waals surface area contributed by atoms with E-state index < -0.39 is 39.0 Å². The first kappa shape index (κ1) is 17.6. The molecule has 1 amide bonds. The number of ether oxygens (including phenoxy) is 1. The lowest BCUT2D eigenvalue weighted by Crippen LogP contribution is -2.20. The number of carbonyl (C=O) groups excluding carboxylic acids is 2. The molecule has 2 rings (SSSR count). The average molecular weight is 359 g/mol. The molecule has 128 valence electrons. The van der Waals surface area contributed by atoms with Crippen LogP contribution in [0.15, 0.2) is 52.2 Å². The standard InChI is InChI=1S/C14H11F2NO6S/c15-14(16)24(20,21)11-3-1-10(2-4-11)17-12(18)8-23-13(19)9-5-6-22-7-9/h1-7,14H,8H2,(H,17,18). The molecule has 0 aliphatic heterocycles. The molecule has 0 spiro atoms. The highest BCUT2D eigenvalue weighted by Gasteiger charge is 2.26. The largest absolute Gasteiger partial charge is 0.472 e. The maximum absolute atomic E-state index is 12.4. The van der Waals surface area contributed by atoms with E-state index in [2.05, 4.69) is 9.73 Å². The third-order valence-corrected chi connectivity index (χ3v) is 4.19. The fourth-order valence-corrected chi connectivity index (χ4v) is 2.34. The number of nitrogens with one attached hydrogen (secondary N) is 1. The van der Waals surface area contributed by atoms with E-state index in [1.165, 1.54) is 12.3 Å². The summed E-state index contributed by atoms with van der Waals surface area (Å²) < 4.78 is 56.7. The number of hydrogen-bond acceptors (Lipinski definition) is 6. The van der Waals surface area contributed by atoms with E-state index in [0.29, 0.717) is 0 Å². The van der Waals surface area contributed by atoms with Gasteiger partial charge in [0.1, 0.15) is 6.26 Å². The molecule has 0 bridgehead atoms. The van der Waals surface area contributed by atoms with E-state index in [1.54, 1.807) is 0 Å². The number of halogens is 2. The second-order valence-electron chi connectivity index (χ2n) is 4.47. The normalized spacial score (nSPS) is 11.3. The summed E-state index contributed by atoms with van der Waals surface area (Å²) in [5.41, 5.74) is 0.303. The predicted octanol–water partition coefficient (Wildman–Crippen LogP) is 2.07. The first-order valence-corrected chi connectivity index (χ1v) is 7.96. The topological polar surface area (TPSA) is 103 Å². The van der Waals surface area contributed by atoms with Crippen molar-refractivity contribution in [2.45, 2.75) is 10.7 Å². The number of hydrogen-bond donors (Lipinski definition) is 1. The van der Waals surface area contributed by atoms with Gasteiger partial charge in [0.25, 0.3) is 5.91 Å². The van der Waals surface area contributed by atoms with Crippen molar-refractivity contribution in [2.24, 2.45) is 0 Å². The third-order valence-electron chi connectivity index (χ3n) is 2.79. The number of carbonyl (C=O) groups is 2. The van der Waals surface area contributed by atoms with E-state index in [1.807, 2.05) is 0 Å². The second-order valence-corrected chi connectivity index (χ2v) is 6.38. The number of furan rings is 1. The number of rotatable bonds is 6. The summed E-state index contributed by atoms with van der Waals surface area (Å²) >= 11 is 0. The van der Waals surface area contributed by atoms with Gasteiger partial charge in [-0.3, -0.25) is 4.79 Å². The van der Waals surface area contributed by atoms with Crippen molar-refractivity contribution in [1.82, 2.24) is 0 Å². The van der Waals surface area contributed by atoms with Gasteiger partial charge in [0, 0.05) is 5.69 Å². The Morgan fingerprint density at radius 3 is 2.38 bits per heavy atom. The number of sulfone groups is 1. The molecule has 0 aliphatic carbocycles. The first-order valence-electron chi connectivity index (χ1n) is 6.42. The number of esters is 1. The molecule has 2 aromatic rings. The van der Waals surface area contributed by atoms with Gasteiger partial charge in [-0.15, -0.1) is 0 Å². The van der Waals surface area contributed by atoms with Crippen molar-refractivity contribution < 1.29 is 35.9 Å². The van der Waals surface area contributed by atoms with Crippen LogP contribution in [0.2, 0.25) is 0 Å². The molecular formula is C14H11F2NO6S. The van der Waals surface area contributed by atoms with Gasteiger partial charge >= 0.3 is 11.7 Å². The zero-order chi connectivity index (χ0) is 17.7. The minimum absolute atomic E-state index is 0.143. The molecule has 7 nitrogen and oxygen atoms in total. The quantitative estimate of drug-likeness (QED) is 0.792. The Labute approximate surface area is 135 Å². The Kier molecular flexibility index (Phi) is 5.29. The molecule has 1 heterocycles. The van der Waals surface area contributed by atoms with Crippen LogP contribution in [0.3, 0.4) is 0 Å². The van der Waals surface area contributed by atoms with Crippen LogP contribution in [0.4, 0.5) is 14.5 Å². The molecule has 0 saturated heterocycles. The Hall–Kier alpha value is -2.75. The fraction of sp³-hybridized carbons (Fsp3) is 0.143. The molecule has 1 aromatic heterocycles. The Morgan fingerprint density at radius 2 is 1.83 bits per heavy atom. The zero-order valence-electron chi connectivity index (χ0n) is 11.9. The van der Waals surface area contributed by atoms with Crippen LogP contribution in [0, 0.1) is 0 Å². The van der Waals surface area contributed by atoms with Crippen LogP contribution in [-0.2, 0) is 19.4 Å². The maximum Gasteiger partial charge on any atom is 0.341 e. The first-order chi connectivity index (χ1) is 11.3. The molecule has 1 aromatic carbocycles. The van der Waals surface area contributed by atoms with E-state index >= 15 is 0 Å². The van der Waals surface area contributed by atoms with E-state index in [4.69, 9.17) is 4.74 Å². The van der Waals surface area contributed by atoms with Crippen LogP contribution in [-0.4, -0.2) is 32.7 Å². The monoisotopic (exact) mass is 359 g/mol. The number of benzene rings is 1. The van der Waals surface area contributed by atoms with Crippen molar-refractivity contribution in [1.29, 1.82) is 0 Å². The summed E-state index contributed by atoms with van der Waals surface area (Å²) in [6, 6.07) is 5.53. The van der Waals surface area contributed by atoms with Gasteiger partial charge in [-0.25, -0.2) is 13.2 Å². The molecule has 10 heteroatoms.